The van der Waals surface area contributed by atoms with E-state index >= 15 is 0 Å². The van der Waals surface area contributed by atoms with Crippen LogP contribution in [0, 0.1) is 0 Å². The zero-order valence-electron chi connectivity index (χ0n) is 12.3. The molecule has 0 aliphatic rings. The van der Waals surface area contributed by atoms with Crippen LogP contribution in [0.2, 0.25) is 0 Å². The number of hydrogen-bond donors (Lipinski definition) is 4. The van der Waals surface area contributed by atoms with E-state index in [1.165, 1.54) is 6.26 Å². The molecule has 0 amide bonds. The van der Waals surface area contributed by atoms with Crippen molar-refractivity contribution in [1.82, 2.24) is 0 Å². The fourth-order valence-corrected chi connectivity index (χ4v) is 1.96. The summed E-state index contributed by atoms with van der Waals surface area (Å²) >= 11 is -0.946. The summed E-state index contributed by atoms with van der Waals surface area (Å²) in [5.41, 5.74) is 11.4. The average Bonchev–Trinajstić information content (AvgIpc) is 2.46. The van der Waals surface area contributed by atoms with Crippen LogP contribution < -0.4 is 11.5 Å². The van der Waals surface area contributed by atoms with Crippen molar-refractivity contribution >= 4 is 23.1 Å². The van der Waals surface area contributed by atoms with Crippen LogP contribution in [0.15, 0.2) is 30.3 Å². The van der Waals surface area contributed by atoms with Crippen LogP contribution in [0.3, 0.4) is 0 Å². The maximum atomic E-state index is 10.4. The predicted molar refractivity (Wildman–Crippen MR) is 84.9 cm³/mol. The van der Waals surface area contributed by atoms with Crippen LogP contribution in [0.5, 0.6) is 0 Å². The number of nitrogens with two attached hydrogens (primary N) is 2. The SMILES string of the molecule is C[S+]([O-])CCC(N)C(=O)O.NC(Cc1ccccc1)C(=O)O. The van der Waals surface area contributed by atoms with E-state index in [1.807, 2.05) is 30.3 Å². The molecule has 0 bridgehead atoms. The first-order valence-corrected chi connectivity index (χ1v) is 8.27. The first kappa shape index (κ1) is 20.4. The van der Waals surface area contributed by atoms with Gasteiger partial charge < -0.3 is 26.2 Å². The van der Waals surface area contributed by atoms with E-state index in [9.17, 15) is 14.1 Å². The molecule has 0 saturated carbocycles. The molecule has 3 unspecified atom stereocenters. The minimum atomic E-state index is -1.04. The number of rotatable bonds is 7. The fourth-order valence-electron chi connectivity index (χ4n) is 1.37. The molecule has 0 spiro atoms. The first-order valence-electron chi connectivity index (χ1n) is 6.54. The van der Waals surface area contributed by atoms with Gasteiger partial charge in [0, 0.05) is 6.42 Å². The lowest BCUT2D eigenvalue weighted by Gasteiger charge is -2.06. The molecule has 0 heterocycles. The van der Waals surface area contributed by atoms with Crippen LogP contribution in [-0.2, 0) is 27.2 Å². The Morgan fingerprint density at radius 3 is 2.05 bits per heavy atom. The summed E-state index contributed by atoms with van der Waals surface area (Å²) in [5.74, 6) is -1.64. The minimum absolute atomic E-state index is 0.276. The highest BCUT2D eigenvalue weighted by Crippen LogP contribution is 2.01. The Kier molecular flexibility index (Phi) is 10.2. The maximum Gasteiger partial charge on any atom is 0.320 e. The summed E-state index contributed by atoms with van der Waals surface area (Å²) < 4.78 is 10.4. The molecule has 0 fully saturated rings. The molecule has 0 saturated heterocycles. The molecule has 1 rings (SSSR count). The number of carboxylic acid groups (broad SMARTS) is 2. The largest absolute Gasteiger partial charge is 0.617 e. The third-order valence-corrected chi connectivity index (χ3v) is 3.46. The van der Waals surface area contributed by atoms with E-state index < -0.39 is 35.2 Å². The third-order valence-electron chi connectivity index (χ3n) is 2.65. The molecule has 0 aliphatic heterocycles. The van der Waals surface area contributed by atoms with Gasteiger partial charge >= 0.3 is 11.9 Å². The van der Waals surface area contributed by atoms with Crippen LogP contribution in [0.25, 0.3) is 0 Å². The van der Waals surface area contributed by atoms with Gasteiger partial charge in [0.05, 0.1) is 6.26 Å². The summed E-state index contributed by atoms with van der Waals surface area (Å²) in [6.45, 7) is 0. The van der Waals surface area contributed by atoms with Crippen molar-refractivity contribution in [2.24, 2.45) is 11.5 Å². The lowest BCUT2D eigenvalue weighted by atomic mass is 10.1. The second-order valence-electron chi connectivity index (χ2n) is 4.65. The molecule has 1 aromatic carbocycles. The van der Waals surface area contributed by atoms with E-state index in [2.05, 4.69) is 0 Å². The van der Waals surface area contributed by atoms with Crippen LogP contribution in [-0.4, -0.2) is 50.8 Å². The highest BCUT2D eigenvalue weighted by molar-refractivity contribution is 7.90. The third kappa shape index (κ3) is 10.2. The molecule has 124 valence electrons. The second-order valence-corrected chi connectivity index (χ2v) is 6.20. The van der Waals surface area contributed by atoms with Crippen molar-refractivity contribution in [2.45, 2.75) is 24.9 Å². The standard InChI is InChI=1S/C9H11NO2.C5H11NO3S/c10-8(9(11)12)6-7-4-2-1-3-5-7;1-10(9)3-2-4(6)5(7)8/h1-5,8H,6,10H2,(H,11,12);4H,2-3,6H2,1H3,(H,7,8). The Bertz CT molecular complexity index is 456. The predicted octanol–water partition coefficient (Wildman–Crippen LogP) is -0.192. The van der Waals surface area contributed by atoms with Gasteiger partial charge in [0.25, 0.3) is 0 Å². The van der Waals surface area contributed by atoms with Gasteiger partial charge in [-0.05, 0) is 12.0 Å². The molecule has 8 heteroatoms. The summed E-state index contributed by atoms with van der Waals surface area (Å²) in [7, 11) is 0. The van der Waals surface area contributed by atoms with Gasteiger partial charge in [-0.25, -0.2) is 0 Å². The highest BCUT2D eigenvalue weighted by atomic mass is 32.2. The van der Waals surface area contributed by atoms with E-state index in [0.717, 1.165) is 5.56 Å². The van der Waals surface area contributed by atoms with Crippen LogP contribution in [0.1, 0.15) is 12.0 Å². The quantitative estimate of drug-likeness (QED) is 0.506. The number of carboxylic acids is 2. The number of aliphatic carboxylic acids is 2. The Balaban J connectivity index is 0.000000409. The Hall–Kier alpha value is -1.61. The van der Waals surface area contributed by atoms with E-state index in [4.69, 9.17) is 21.7 Å². The van der Waals surface area contributed by atoms with E-state index in [1.54, 1.807) is 0 Å². The lowest BCUT2D eigenvalue weighted by Crippen LogP contribution is -2.32. The van der Waals surface area contributed by atoms with Gasteiger partial charge in [-0.2, -0.15) is 0 Å². The highest BCUT2D eigenvalue weighted by Gasteiger charge is 2.13. The van der Waals surface area contributed by atoms with Gasteiger partial charge in [0.15, 0.2) is 0 Å². The average molecular weight is 330 g/mol. The van der Waals surface area contributed by atoms with Crippen molar-refractivity contribution in [2.75, 3.05) is 12.0 Å². The summed E-state index contributed by atoms with van der Waals surface area (Å²) in [6, 6.07) is 7.67. The second kappa shape index (κ2) is 11.0. The molecular formula is C14H22N2O5S. The molecule has 1 aromatic rings. The van der Waals surface area contributed by atoms with E-state index in [-0.39, 0.29) is 6.42 Å². The molecular weight excluding hydrogens is 308 g/mol. The Morgan fingerprint density at radius 1 is 1.14 bits per heavy atom. The molecule has 7 nitrogen and oxygen atoms in total. The van der Waals surface area contributed by atoms with Crippen molar-refractivity contribution in [3.63, 3.8) is 0 Å². The van der Waals surface area contributed by atoms with Crippen LogP contribution >= 0.6 is 0 Å². The molecule has 0 aromatic heterocycles. The zero-order valence-corrected chi connectivity index (χ0v) is 13.2. The number of benzene rings is 1. The molecule has 0 aliphatic carbocycles. The summed E-state index contributed by atoms with van der Waals surface area (Å²) in [6.07, 6.45) is 2.18. The van der Waals surface area contributed by atoms with Crippen molar-refractivity contribution in [3.05, 3.63) is 35.9 Å². The monoisotopic (exact) mass is 330 g/mol. The number of hydrogen-bond acceptors (Lipinski definition) is 5. The zero-order chi connectivity index (χ0) is 17.1. The lowest BCUT2D eigenvalue weighted by molar-refractivity contribution is -0.139. The van der Waals surface area contributed by atoms with Gasteiger partial charge in [-0.15, -0.1) is 0 Å². The first-order chi connectivity index (χ1) is 10.2. The summed E-state index contributed by atoms with van der Waals surface area (Å²) in [4.78, 5) is 20.5. The minimum Gasteiger partial charge on any atom is -0.617 e. The fraction of sp³-hybridized carbons (Fsp3) is 0.429. The topological polar surface area (TPSA) is 150 Å². The van der Waals surface area contributed by atoms with Gasteiger partial charge in [0.2, 0.25) is 0 Å². The maximum absolute atomic E-state index is 10.4. The smallest absolute Gasteiger partial charge is 0.320 e. The van der Waals surface area contributed by atoms with Gasteiger partial charge in [-0.1, -0.05) is 41.5 Å². The molecule has 22 heavy (non-hydrogen) atoms. The summed E-state index contributed by atoms with van der Waals surface area (Å²) in [5, 5.41) is 16.8. The van der Waals surface area contributed by atoms with Crippen molar-refractivity contribution in [1.29, 1.82) is 0 Å². The van der Waals surface area contributed by atoms with Gasteiger partial charge in [0.1, 0.15) is 17.8 Å². The van der Waals surface area contributed by atoms with Crippen LogP contribution in [0.4, 0.5) is 0 Å². The Morgan fingerprint density at radius 2 is 1.64 bits per heavy atom. The number of carbonyl (C=O) groups is 2. The van der Waals surface area contributed by atoms with Crippen molar-refractivity contribution in [3.8, 4) is 0 Å². The molecule has 6 N–H and O–H groups in total. The normalized spacial score (nSPS) is 14.2. The van der Waals surface area contributed by atoms with E-state index in [0.29, 0.717) is 12.2 Å². The van der Waals surface area contributed by atoms with Crippen molar-refractivity contribution < 1.29 is 24.4 Å². The Labute approximate surface area is 132 Å². The molecule has 3 atom stereocenters. The van der Waals surface area contributed by atoms with Gasteiger partial charge in [-0.3, -0.25) is 9.59 Å². The molecule has 0 radical (unpaired) electrons.